The number of aromatic nitrogens is 1. The van der Waals surface area contributed by atoms with Gasteiger partial charge in [-0.1, -0.05) is 0 Å². The van der Waals surface area contributed by atoms with Crippen molar-refractivity contribution in [2.24, 2.45) is 7.05 Å². The molecule has 0 aliphatic carbocycles. The summed E-state index contributed by atoms with van der Waals surface area (Å²) in [5.41, 5.74) is -0.0302. The van der Waals surface area contributed by atoms with Gasteiger partial charge in [0.15, 0.2) is 0 Å². The van der Waals surface area contributed by atoms with Gasteiger partial charge in [-0.05, 0) is 22.0 Å². The number of rotatable bonds is 4. The molecule has 1 N–H and O–H groups in total. The molecule has 0 radical (unpaired) electrons. The summed E-state index contributed by atoms with van der Waals surface area (Å²) < 4.78 is 38.8. The van der Waals surface area contributed by atoms with E-state index >= 15 is 0 Å². The maximum absolute atomic E-state index is 12.3. The molecule has 1 aromatic rings. The van der Waals surface area contributed by atoms with Crippen LogP contribution in [0.5, 0.6) is 0 Å². The van der Waals surface area contributed by atoms with E-state index in [0.29, 0.717) is 4.47 Å². The van der Waals surface area contributed by atoms with Crippen LogP contribution in [0.15, 0.2) is 16.7 Å². The van der Waals surface area contributed by atoms with Crippen molar-refractivity contribution < 1.29 is 27.9 Å². The largest absolute Gasteiger partial charge is 0.480 e. The van der Waals surface area contributed by atoms with Crippen molar-refractivity contribution in [1.29, 1.82) is 0 Å². The van der Waals surface area contributed by atoms with E-state index in [1.54, 1.807) is 0 Å². The molecule has 1 amide bonds. The van der Waals surface area contributed by atoms with E-state index in [0.717, 1.165) is 0 Å². The van der Waals surface area contributed by atoms with Crippen molar-refractivity contribution in [2.75, 3.05) is 13.1 Å². The number of carbonyl (C=O) groups excluding carboxylic acids is 1. The molecule has 1 rings (SSSR count). The van der Waals surface area contributed by atoms with Crippen molar-refractivity contribution in [2.45, 2.75) is 6.18 Å². The summed E-state index contributed by atoms with van der Waals surface area (Å²) in [4.78, 5) is 22.7. The topological polar surface area (TPSA) is 62.5 Å². The average Bonchev–Trinajstić information content (AvgIpc) is 2.53. The first-order valence-corrected chi connectivity index (χ1v) is 5.79. The normalized spacial score (nSPS) is 11.4. The number of halogens is 4. The third kappa shape index (κ3) is 4.58. The second-order valence-electron chi connectivity index (χ2n) is 3.82. The van der Waals surface area contributed by atoms with Crippen LogP contribution in [0.4, 0.5) is 13.2 Å². The van der Waals surface area contributed by atoms with Gasteiger partial charge in [-0.3, -0.25) is 9.59 Å². The molecule has 0 fully saturated rings. The molecule has 1 heterocycles. The van der Waals surface area contributed by atoms with Crippen LogP contribution in [0.3, 0.4) is 0 Å². The number of carboxylic acid groups (broad SMARTS) is 1. The average molecular weight is 343 g/mol. The van der Waals surface area contributed by atoms with E-state index in [-0.39, 0.29) is 10.6 Å². The Morgan fingerprint density at radius 3 is 2.42 bits per heavy atom. The lowest BCUT2D eigenvalue weighted by Gasteiger charge is -2.22. The van der Waals surface area contributed by atoms with E-state index in [2.05, 4.69) is 15.9 Å². The zero-order valence-electron chi connectivity index (χ0n) is 9.74. The molecule has 0 aliphatic rings. The molecule has 0 saturated carbocycles. The fourth-order valence-corrected chi connectivity index (χ4v) is 2.00. The van der Waals surface area contributed by atoms with Crippen LogP contribution in [0.2, 0.25) is 0 Å². The predicted octanol–water partition coefficient (Wildman–Crippen LogP) is 1.88. The van der Waals surface area contributed by atoms with Crippen molar-refractivity contribution in [1.82, 2.24) is 9.47 Å². The van der Waals surface area contributed by atoms with Gasteiger partial charge in [0.25, 0.3) is 5.91 Å². The molecule has 9 heteroatoms. The number of hydrogen-bond donors (Lipinski definition) is 1. The predicted molar refractivity (Wildman–Crippen MR) is 62.7 cm³/mol. The van der Waals surface area contributed by atoms with E-state index in [4.69, 9.17) is 5.11 Å². The van der Waals surface area contributed by atoms with Gasteiger partial charge in [0.1, 0.15) is 18.8 Å². The van der Waals surface area contributed by atoms with Crippen molar-refractivity contribution in [3.63, 3.8) is 0 Å². The molecule has 0 aromatic carbocycles. The third-order valence-electron chi connectivity index (χ3n) is 2.17. The fraction of sp³-hybridized carbons (Fsp3) is 0.400. The maximum Gasteiger partial charge on any atom is 0.406 e. The summed E-state index contributed by atoms with van der Waals surface area (Å²) in [6.45, 7) is -2.62. The van der Waals surface area contributed by atoms with Crippen LogP contribution in [-0.2, 0) is 11.8 Å². The van der Waals surface area contributed by atoms with E-state index in [1.165, 1.54) is 23.9 Å². The second kappa shape index (κ2) is 5.64. The lowest BCUT2D eigenvalue weighted by Crippen LogP contribution is -2.42. The number of aryl methyl sites for hydroxylation is 1. The van der Waals surface area contributed by atoms with Gasteiger partial charge in [-0.2, -0.15) is 13.2 Å². The summed E-state index contributed by atoms with van der Waals surface area (Å²) in [5.74, 6) is -2.50. The van der Waals surface area contributed by atoms with Gasteiger partial charge in [0.2, 0.25) is 0 Å². The van der Waals surface area contributed by atoms with Gasteiger partial charge in [0.05, 0.1) is 0 Å². The third-order valence-corrected chi connectivity index (χ3v) is 2.61. The minimum Gasteiger partial charge on any atom is -0.480 e. The van der Waals surface area contributed by atoms with Gasteiger partial charge < -0.3 is 14.6 Å². The first-order chi connectivity index (χ1) is 8.60. The number of hydrogen-bond acceptors (Lipinski definition) is 2. The monoisotopic (exact) mass is 342 g/mol. The van der Waals surface area contributed by atoms with Gasteiger partial charge in [-0.25, -0.2) is 0 Å². The van der Waals surface area contributed by atoms with Crippen LogP contribution in [0, 0.1) is 0 Å². The molecule has 0 atom stereocenters. The molecule has 19 heavy (non-hydrogen) atoms. The highest BCUT2D eigenvalue weighted by molar-refractivity contribution is 9.10. The van der Waals surface area contributed by atoms with Gasteiger partial charge in [0, 0.05) is 17.7 Å². The second-order valence-corrected chi connectivity index (χ2v) is 4.74. The first kappa shape index (κ1) is 15.5. The highest BCUT2D eigenvalue weighted by atomic mass is 79.9. The van der Waals surface area contributed by atoms with Crippen LogP contribution in [0.1, 0.15) is 10.5 Å². The smallest absolute Gasteiger partial charge is 0.406 e. The van der Waals surface area contributed by atoms with E-state index < -0.39 is 31.1 Å². The molecule has 106 valence electrons. The lowest BCUT2D eigenvalue weighted by atomic mass is 10.3. The molecule has 0 aliphatic heterocycles. The summed E-state index contributed by atoms with van der Waals surface area (Å²) in [6.07, 6.45) is -3.17. The summed E-state index contributed by atoms with van der Waals surface area (Å²) in [7, 11) is 1.48. The number of nitrogens with zero attached hydrogens (tertiary/aromatic N) is 2. The Labute approximate surface area is 114 Å². The Morgan fingerprint density at radius 2 is 2.05 bits per heavy atom. The molecule has 5 nitrogen and oxygen atoms in total. The fourth-order valence-electron chi connectivity index (χ4n) is 1.48. The summed E-state index contributed by atoms with van der Waals surface area (Å²) in [6, 6.07) is 1.33. The first-order valence-electron chi connectivity index (χ1n) is 5.00. The maximum atomic E-state index is 12.3. The van der Waals surface area contributed by atoms with Crippen LogP contribution >= 0.6 is 15.9 Å². The lowest BCUT2D eigenvalue weighted by molar-refractivity contribution is -0.149. The number of carboxylic acids is 1. The zero-order valence-corrected chi connectivity index (χ0v) is 11.3. The number of amides is 1. The van der Waals surface area contributed by atoms with Crippen molar-refractivity contribution in [3.05, 3.63) is 22.4 Å². The van der Waals surface area contributed by atoms with E-state index in [9.17, 15) is 22.8 Å². The minimum absolute atomic E-state index is 0.0302. The molecule has 0 bridgehead atoms. The zero-order chi connectivity index (χ0) is 14.8. The van der Waals surface area contributed by atoms with E-state index in [1.807, 2.05) is 0 Å². The van der Waals surface area contributed by atoms with Crippen molar-refractivity contribution >= 4 is 27.8 Å². The van der Waals surface area contributed by atoms with Gasteiger partial charge >= 0.3 is 12.1 Å². The Kier molecular flexibility index (Phi) is 4.61. The van der Waals surface area contributed by atoms with Crippen molar-refractivity contribution in [3.8, 4) is 0 Å². The number of alkyl halides is 3. The Morgan fingerprint density at radius 1 is 1.47 bits per heavy atom. The Hall–Kier alpha value is -1.51. The molecular weight excluding hydrogens is 333 g/mol. The molecule has 0 saturated heterocycles. The number of aliphatic carboxylic acids is 1. The SMILES string of the molecule is Cn1cc(Br)cc1C(=O)N(CC(=O)O)CC(F)(F)F. The molecule has 0 spiro atoms. The standard InChI is InChI=1S/C10H10BrF3N2O3/c1-15-3-6(11)2-7(15)9(19)16(4-8(17)18)5-10(12,13)14/h2-3H,4-5H2,1H3,(H,17,18). The van der Waals surface area contributed by atoms with Crippen LogP contribution in [-0.4, -0.2) is 45.7 Å². The Bertz CT molecular complexity index is 499. The molecule has 1 aromatic heterocycles. The molecule has 0 unspecified atom stereocenters. The highest BCUT2D eigenvalue weighted by Gasteiger charge is 2.35. The van der Waals surface area contributed by atoms with Gasteiger partial charge in [-0.15, -0.1) is 0 Å². The van der Waals surface area contributed by atoms with Crippen LogP contribution < -0.4 is 0 Å². The minimum atomic E-state index is -4.66. The quantitative estimate of drug-likeness (QED) is 0.908. The Balaban J connectivity index is 3.00. The molecular formula is C10H10BrF3N2O3. The van der Waals surface area contributed by atoms with Crippen LogP contribution in [0.25, 0.3) is 0 Å². The number of carbonyl (C=O) groups is 2. The summed E-state index contributed by atoms with van der Waals surface area (Å²) >= 11 is 3.08. The highest BCUT2D eigenvalue weighted by Crippen LogP contribution is 2.20. The summed E-state index contributed by atoms with van der Waals surface area (Å²) in [5, 5.41) is 8.57.